The summed E-state index contributed by atoms with van der Waals surface area (Å²) in [4.78, 5) is 6.20. The number of anilines is 1. The van der Waals surface area contributed by atoms with Crippen LogP contribution < -0.4 is 9.46 Å². The van der Waals surface area contributed by atoms with Crippen molar-refractivity contribution in [1.29, 1.82) is 0 Å². The molecular weight excluding hydrogens is 314 g/mol. The summed E-state index contributed by atoms with van der Waals surface area (Å²) in [5, 5.41) is 0. The first-order valence-electron chi connectivity index (χ1n) is 7.32. The standard InChI is InChI=1S/C16H19N3O3S/c1-19-10-8-13-12(11-19)5-3-6-14(13)18-23(20,21)15-7-4-9-17-16(15)22-2/h3-7,9,18H,8,10-11H2,1-2H3. The maximum absolute atomic E-state index is 12.7. The van der Waals surface area contributed by atoms with Crippen molar-refractivity contribution in [2.45, 2.75) is 17.9 Å². The Balaban J connectivity index is 1.97. The number of sulfonamides is 1. The Kier molecular flexibility index (Phi) is 4.23. The van der Waals surface area contributed by atoms with Crippen molar-refractivity contribution >= 4 is 15.7 Å². The molecule has 122 valence electrons. The van der Waals surface area contributed by atoms with E-state index >= 15 is 0 Å². The summed E-state index contributed by atoms with van der Waals surface area (Å²) >= 11 is 0. The number of rotatable bonds is 4. The summed E-state index contributed by atoms with van der Waals surface area (Å²) in [5.41, 5.74) is 2.83. The number of fused-ring (bicyclic) bond motifs is 1. The van der Waals surface area contributed by atoms with E-state index in [1.54, 1.807) is 12.1 Å². The number of benzene rings is 1. The number of hydrogen-bond acceptors (Lipinski definition) is 5. The van der Waals surface area contributed by atoms with Crippen LogP contribution in [0.5, 0.6) is 5.88 Å². The van der Waals surface area contributed by atoms with E-state index in [1.807, 2.05) is 12.1 Å². The Bertz CT molecular complexity index is 821. The number of pyridine rings is 1. The number of nitrogens with one attached hydrogen (secondary N) is 1. The van der Waals surface area contributed by atoms with E-state index in [0.29, 0.717) is 5.69 Å². The van der Waals surface area contributed by atoms with E-state index in [9.17, 15) is 8.42 Å². The number of methoxy groups -OCH3 is 1. The van der Waals surface area contributed by atoms with E-state index in [4.69, 9.17) is 4.74 Å². The summed E-state index contributed by atoms with van der Waals surface area (Å²) in [6.07, 6.45) is 2.31. The Morgan fingerprint density at radius 2 is 2.09 bits per heavy atom. The van der Waals surface area contributed by atoms with Crippen LogP contribution in [-0.2, 0) is 23.0 Å². The van der Waals surface area contributed by atoms with Crippen molar-refractivity contribution in [3.63, 3.8) is 0 Å². The average Bonchev–Trinajstić information content (AvgIpc) is 2.54. The van der Waals surface area contributed by atoms with Gasteiger partial charge in [-0.3, -0.25) is 4.72 Å². The lowest BCUT2D eigenvalue weighted by molar-refractivity contribution is 0.313. The number of likely N-dealkylation sites (N-methyl/N-ethyl adjacent to an activating group) is 1. The Morgan fingerprint density at radius 3 is 2.87 bits per heavy atom. The van der Waals surface area contributed by atoms with Gasteiger partial charge in [0.05, 0.1) is 12.8 Å². The van der Waals surface area contributed by atoms with E-state index < -0.39 is 10.0 Å². The minimum atomic E-state index is -3.75. The first kappa shape index (κ1) is 15.8. The Labute approximate surface area is 136 Å². The highest BCUT2D eigenvalue weighted by molar-refractivity contribution is 7.92. The van der Waals surface area contributed by atoms with E-state index in [1.165, 1.54) is 19.4 Å². The quantitative estimate of drug-likeness (QED) is 0.925. The third-order valence-electron chi connectivity index (χ3n) is 3.92. The van der Waals surface area contributed by atoms with Gasteiger partial charge in [0.15, 0.2) is 0 Å². The van der Waals surface area contributed by atoms with E-state index in [-0.39, 0.29) is 10.8 Å². The SMILES string of the molecule is COc1ncccc1S(=O)(=O)Nc1cccc2c1CCN(C)C2. The normalized spacial score (nSPS) is 15.0. The van der Waals surface area contributed by atoms with Crippen LogP contribution in [0.1, 0.15) is 11.1 Å². The van der Waals surface area contributed by atoms with Crippen LogP contribution >= 0.6 is 0 Å². The van der Waals surface area contributed by atoms with Crippen molar-refractivity contribution in [3.8, 4) is 5.88 Å². The molecule has 0 radical (unpaired) electrons. The lowest BCUT2D eigenvalue weighted by Crippen LogP contribution is -2.27. The molecule has 0 fully saturated rings. The second kappa shape index (κ2) is 6.17. The minimum Gasteiger partial charge on any atom is -0.480 e. The monoisotopic (exact) mass is 333 g/mol. The molecule has 23 heavy (non-hydrogen) atoms. The lowest BCUT2D eigenvalue weighted by atomic mass is 9.98. The van der Waals surface area contributed by atoms with Gasteiger partial charge < -0.3 is 9.64 Å². The van der Waals surface area contributed by atoms with Crippen LogP contribution in [0.2, 0.25) is 0 Å². The molecule has 0 bridgehead atoms. The Morgan fingerprint density at radius 1 is 1.26 bits per heavy atom. The largest absolute Gasteiger partial charge is 0.480 e. The molecule has 0 amide bonds. The molecule has 1 aromatic carbocycles. The van der Waals surface area contributed by atoms with Gasteiger partial charge in [-0.25, -0.2) is 13.4 Å². The van der Waals surface area contributed by atoms with Gasteiger partial charge in [-0.15, -0.1) is 0 Å². The van der Waals surface area contributed by atoms with Crippen LogP contribution in [0.3, 0.4) is 0 Å². The molecule has 2 aromatic rings. The fourth-order valence-corrected chi connectivity index (χ4v) is 3.99. The zero-order valence-electron chi connectivity index (χ0n) is 13.1. The number of nitrogens with zero attached hydrogens (tertiary/aromatic N) is 2. The van der Waals surface area contributed by atoms with E-state index in [2.05, 4.69) is 21.7 Å². The van der Waals surface area contributed by atoms with Gasteiger partial charge in [0.1, 0.15) is 4.90 Å². The van der Waals surface area contributed by atoms with Crippen LogP contribution in [0.25, 0.3) is 0 Å². The maximum atomic E-state index is 12.7. The molecule has 0 atom stereocenters. The van der Waals surface area contributed by atoms with Crippen molar-refractivity contribution in [2.75, 3.05) is 25.4 Å². The van der Waals surface area contributed by atoms with Crippen LogP contribution in [0.15, 0.2) is 41.4 Å². The molecule has 6 nitrogen and oxygen atoms in total. The van der Waals surface area contributed by atoms with Gasteiger partial charge in [0.25, 0.3) is 10.0 Å². The van der Waals surface area contributed by atoms with Crippen LogP contribution in [0.4, 0.5) is 5.69 Å². The number of hydrogen-bond donors (Lipinski definition) is 1. The zero-order chi connectivity index (χ0) is 16.4. The van der Waals surface area contributed by atoms with Gasteiger partial charge in [-0.1, -0.05) is 12.1 Å². The van der Waals surface area contributed by atoms with Gasteiger partial charge in [0.2, 0.25) is 5.88 Å². The molecule has 7 heteroatoms. The van der Waals surface area contributed by atoms with Crippen molar-refractivity contribution in [3.05, 3.63) is 47.7 Å². The highest BCUT2D eigenvalue weighted by atomic mass is 32.2. The summed E-state index contributed by atoms with van der Waals surface area (Å²) in [5.74, 6) is 0.0875. The Hall–Kier alpha value is -2.12. The molecule has 0 spiro atoms. The summed E-state index contributed by atoms with van der Waals surface area (Å²) in [6.45, 7) is 1.73. The van der Waals surface area contributed by atoms with Crippen LogP contribution in [0, 0.1) is 0 Å². The molecule has 1 aliphatic heterocycles. The molecule has 1 aliphatic rings. The highest BCUT2D eigenvalue weighted by Gasteiger charge is 2.23. The summed E-state index contributed by atoms with van der Waals surface area (Å²) < 4.78 is 33.1. The fraction of sp³-hybridized carbons (Fsp3) is 0.312. The number of ether oxygens (including phenoxy) is 1. The van der Waals surface area contributed by atoms with Gasteiger partial charge >= 0.3 is 0 Å². The second-order valence-electron chi connectivity index (χ2n) is 5.55. The topological polar surface area (TPSA) is 71.5 Å². The predicted octanol–water partition coefficient (Wildman–Crippen LogP) is 1.88. The van der Waals surface area contributed by atoms with Gasteiger partial charge in [-0.2, -0.15) is 0 Å². The molecule has 2 heterocycles. The van der Waals surface area contributed by atoms with Gasteiger partial charge in [-0.05, 0) is 42.8 Å². The first-order valence-corrected chi connectivity index (χ1v) is 8.81. The molecule has 3 rings (SSSR count). The molecular formula is C16H19N3O3S. The second-order valence-corrected chi connectivity index (χ2v) is 7.20. The predicted molar refractivity (Wildman–Crippen MR) is 88.1 cm³/mol. The maximum Gasteiger partial charge on any atom is 0.267 e. The van der Waals surface area contributed by atoms with Crippen molar-refractivity contribution < 1.29 is 13.2 Å². The zero-order valence-corrected chi connectivity index (χ0v) is 13.9. The molecule has 0 saturated heterocycles. The van der Waals surface area contributed by atoms with E-state index in [0.717, 1.165) is 30.6 Å². The third kappa shape index (κ3) is 3.16. The lowest BCUT2D eigenvalue weighted by Gasteiger charge is -2.27. The highest BCUT2D eigenvalue weighted by Crippen LogP contribution is 2.29. The molecule has 1 aromatic heterocycles. The molecule has 1 N–H and O–H groups in total. The van der Waals surface area contributed by atoms with Crippen LogP contribution in [-0.4, -0.2) is 39.0 Å². The van der Waals surface area contributed by atoms with Gasteiger partial charge in [0, 0.05) is 19.3 Å². The smallest absolute Gasteiger partial charge is 0.267 e. The summed E-state index contributed by atoms with van der Waals surface area (Å²) in [6, 6.07) is 8.76. The third-order valence-corrected chi connectivity index (χ3v) is 5.30. The fourth-order valence-electron chi connectivity index (χ4n) is 2.78. The minimum absolute atomic E-state index is 0.0352. The molecule has 0 saturated carbocycles. The average molecular weight is 333 g/mol. The number of aromatic nitrogens is 1. The molecule has 0 aliphatic carbocycles. The summed E-state index contributed by atoms with van der Waals surface area (Å²) in [7, 11) is -0.294. The van der Waals surface area contributed by atoms with Crippen molar-refractivity contribution in [1.82, 2.24) is 9.88 Å². The van der Waals surface area contributed by atoms with Crippen molar-refractivity contribution in [2.24, 2.45) is 0 Å². The molecule has 0 unspecified atom stereocenters. The first-order chi connectivity index (χ1) is 11.0.